The lowest BCUT2D eigenvalue weighted by molar-refractivity contribution is -0.677. The van der Waals surface area contributed by atoms with Crippen molar-refractivity contribution < 1.29 is 12.8 Å². The van der Waals surface area contributed by atoms with Crippen LogP contribution in [0.1, 0.15) is 70.5 Å². The Bertz CT molecular complexity index is 912. The zero-order valence-corrected chi connectivity index (χ0v) is 14.6. The summed E-state index contributed by atoms with van der Waals surface area (Å²) in [5, 5.41) is 0. The van der Waals surface area contributed by atoms with Gasteiger partial charge in [-0.25, -0.2) is 4.57 Å². The average Bonchev–Trinajstić information content (AvgIpc) is 2.59. The molecular weight excluding hydrogens is 278 g/mol. The molecule has 0 N–H and O–H groups in total. The summed E-state index contributed by atoms with van der Waals surface area (Å²) >= 11 is 0. The Labute approximate surface area is 149 Å². The standard InChI is InChI=1S/C22H30N/c1-16-15-23(5)17(2)14-21(16)20-8-6-18(7-9-20)19-10-12-22(3,4)13-11-19/h6-9,14-15,19H,10-13H2,1-5H3/q+1/i1D3,8D,9D,19D. The van der Waals surface area contributed by atoms with Gasteiger partial charge in [-0.2, -0.15) is 0 Å². The van der Waals surface area contributed by atoms with Crippen LogP contribution in [0.5, 0.6) is 0 Å². The van der Waals surface area contributed by atoms with Crippen LogP contribution < -0.4 is 4.57 Å². The van der Waals surface area contributed by atoms with Crippen molar-refractivity contribution in [1.29, 1.82) is 0 Å². The summed E-state index contributed by atoms with van der Waals surface area (Å²) in [6.45, 7) is 3.96. The quantitative estimate of drug-likeness (QED) is 0.646. The lowest BCUT2D eigenvalue weighted by Gasteiger charge is -2.34. The Morgan fingerprint density at radius 2 is 1.91 bits per heavy atom. The summed E-state index contributed by atoms with van der Waals surface area (Å²) in [5.74, 6) is -0.786. The number of hydrogen-bond acceptors (Lipinski definition) is 0. The van der Waals surface area contributed by atoms with E-state index in [-0.39, 0.29) is 23.1 Å². The zero-order valence-electron chi connectivity index (χ0n) is 20.6. The van der Waals surface area contributed by atoms with Gasteiger partial charge in [-0.1, -0.05) is 38.1 Å². The van der Waals surface area contributed by atoms with Gasteiger partial charge < -0.3 is 0 Å². The van der Waals surface area contributed by atoms with Crippen molar-refractivity contribution in [2.75, 3.05) is 0 Å². The molecule has 0 radical (unpaired) electrons. The van der Waals surface area contributed by atoms with Gasteiger partial charge in [-0.3, -0.25) is 0 Å². The van der Waals surface area contributed by atoms with E-state index in [2.05, 4.69) is 13.8 Å². The first-order valence-electron chi connectivity index (χ1n) is 11.4. The molecule has 1 aromatic heterocycles. The molecule has 3 rings (SSSR count). The molecule has 1 heteroatoms. The fraction of sp³-hybridized carbons (Fsp3) is 0.500. The monoisotopic (exact) mass is 314 g/mol. The van der Waals surface area contributed by atoms with Gasteiger partial charge >= 0.3 is 0 Å². The molecule has 0 bridgehead atoms. The van der Waals surface area contributed by atoms with Crippen LogP contribution in [0.2, 0.25) is 0 Å². The minimum absolute atomic E-state index is 0.114. The van der Waals surface area contributed by atoms with Crippen molar-refractivity contribution in [2.45, 2.75) is 59.2 Å². The van der Waals surface area contributed by atoms with Crippen molar-refractivity contribution >= 4 is 0 Å². The second kappa shape index (κ2) is 6.11. The van der Waals surface area contributed by atoms with E-state index in [9.17, 15) is 0 Å². The molecule has 1 nitrogen and oxygen atoms in total. The van der Waals surface area contributed by atoms with E-state index in [1.165, 1.54) is 0 Å². The number of benzene rings is 1. The van der Waals surface area contributed by atoms with E-state index in [0.717, 1.165) is 18.5 Å². The molecule has 1 aliphatic rings. The second-order valence-corrected chi connectivity index (χ2v) is 7.53. The Morgan fingerprint density at radius 1 is 1.26 bits per heavy atom. The normalized spacial score (nSPS) is 23.8. The lowest BCUT2D eigenvalue weighted by Crippen LogP contribution is -2.31. The molecule has 2 aromatic rings. The number of nitrogens with zero attached hydrogens (tertiary/aromatic N) is 1. The number of hydrogen-bond donors (Lipinski definition) is 0. The van der Waals surface area contributed by atoms with Gasteiger partial charge in [-0.15, -0.1) is 0 Å². The van der Waals surface area contributed by atoms with E-state index in [0.29, 0.717) is 29.5 Å². The van der Waals surface area contributed by atoms with Crippen LogP contribution in [0.4, 0.5) is 0 Å². The summed E-state index contributed by atoms with van der Waals surface area (Å²) < 4.78 is 51.6. The summed E-state index contributed by atoms with van der Waals surface area (Å²) in [4.78, 5) is 0. The van der Waals surface area contributed by atoms with Crippen molar-refractivity contribution in [3.8, 4) is 11.1 Å². The smallest absolute Gasteiger partial charge is 0.178 e. The average molecular weight is 315 g/mol. The minimum Gasteiger partial charge on any atom is -0.205 e. The highest BCUT2D eigenvalue weighted by molar-refractivity contribution is 5.66. The molecule has 0 atom stereocenters. The molecule has 0 unspecified atom stereocenters. The van der Waals surface area contributed by atoms with Crippen molar-refractivity contribution in [3.63, 3.8) is 0 Å². The first kappa shape index (κ1) is 10.3. The highest BCUT2D eigenvalue weighted by atomic mass is 14.9. The van der Waals surface area contributed by atoms with Crippen LogP contribution in [-0.4, -0.2) is 0 Å². The van der Waals surface area contributed by atoms with Gasteiger partial charge in [0.1, 0.15) is 7.05 Å². The van der Waals surface area contributed by atoms with Gasteiger partial charge in [0.2, 0.25) is 0 Å². The third-order valence-corrected chi connectivity index (χ3v) is 5.15. The Morgan fingerprint density at radius 3 is 2.52 bits per heavy atom. The highest BCUT2D eigenvalue weighted by Gasteiger charge is 2.27. The van der Waals surface area contributed by atoms with Crippen LogP contribution in [0, 0.1) is 19.2 Å². The van der Waals surface area contributed by atoms with Gasteiger partial charge in [0.15, 0.2) is 11.9 Å². The summed E-state index contributed by atoms with van der Waals surface area (Å²) in [6.07, 6.45) is 4.87. The fourth-order valence-corrected chi connectivity index (χ4v) is 3.22. The summed E-state index contributed by atoms with van der Waals surface area (Å²) in [5.41, 5.74) is 2.64. The lowest BCUT2D eigenvalue weighted by atomic mass is 9.71. The van der Waals surface area contributed by atoms with Crippen molar-refractivity contribution in [3.05, 3.63) is 53.3 Å². The largest absolute Gasteiger partial charge is 0.205 e. The second-order valence-electron chi connectivity index (χ2n) is 7.53. The van der Waals surface area contributed by atoms with E-state index in [4.69, 9.17) is 8.22 Å². The number of pyridine rings is 1. The maximum Gasteiger partial charge on any atom is 0.178 e. The first-order valence-corrected chi connectivity index (χ1v) is 8.36. The van der Waals surface area contributed by atoms with Crippen LogP contribution in [0.3, 0.4) is 0 Å². The SMILES string of the molecule is [2H]c1cc(C2([2H])CCC(C)(C)CC2)cc([2H])c1-c1cc(C)[n+](C)cc1C([2H])([2H])[2H]. The molecule has 1 heterocycles. The molecule has 1 saturated carbocycles. The van der Waals surface area contributed by atoms with Crippen molar-refractivity contribution in [2.24, 2.45) is 12.5 Å². The number of rotatable bonds is 2. The maximum atomic E-state index is 8.95. The van der Waals surface area contributed by atoms with E-state index >= 15 is 0 Å². The molecule has 0 amide bonds. The Kier molecular flexibility index (Phi) is 2.73. The van der Waals surface area contributed by atoms with Gasteiger partial charge in [0.25, 0.3) is 0 Å². The molecule has 1 aromatic carbocycles. The molecule has 23 heavy (non-hydrogen) atoms. The van der Waals surface area contributed by atoms with Gasteiger partial charge in [-0.05, 0) is 60.5 Å². The number of aryl methyl sites for hydroxylation is 3. The first-order chi connectivity index (χ1) is 13.2. The third-order valence-electron chi connectivity index (χ3n) is 5.15. The maximum absolute atomic E-state index is 8.95. The topological polar surface area (TPSA) is 3.88 Å². The van der Waals surface area contributed by atoms with Crippen molar-refractivity contribution in [1.82, 2.24) is 0 Å². The highest BCUT2D eigenvalue weighted by Crippen LogP contribution is 2.42. The predicted octanol–water partition coefficient (Wildman–Crippen LogP) is 5.48. The Balaban J connectivity index is 2.12. The van der Waals surface area contributed by atoms with E-state index in [1.54, 1.807) is 36.0 Å². The predicted molar refractivity (Wildman–Crippen MR) is 97.5 cm³/mol. The van der Waals surface area contributed by atoms with Crippen LogP contribution in [0.15, 0.2) is 36.5 Å². The van der Waals surface area contributed by atoms with Crippen LogP contribution >= 0.6 is 0 Å². The molecule has 0 saturated heterocycles. The van der Waals surface area contributed by atoms with Crippen LogP contribution in [-0.2, 0) is 7.05 Å². The minimum atomic E-state index is -2.34. The van der Waals surface area contributed by atoms with E-state index in [1.807, 2.05) is 6.92 Å². The molecule has 1 aliphatic carbocycles. The molecule has 1 fully saturated rings. The van der Waals surface area contributed by atoms with Gasteiger partial charge in [0, 0.05) is 24.0 Å². The third kappa shape index (κ3) is 3.49. The van der Waals surface area contributed by atoms with E-state index < -0.39 is 12.7 Å². The molecular formula is C22H30N+. The molecule has 0 aliphatic heterocycles. The summed E-state index contributed by atoms with van der Waals surface area (Å²) in [7, 11) is 1.79. The van der Waals surface area contributed by atoms with Gasteiger partial charge in [0.05, 0.1) is 2.74 Å². The molecule has 0 spiro atoms. The Hall–Kier alpha value is -1.63. The molecule has 122 valence electrons. The fourth-order valence-electron chi connectivity index (χ4n) is 3.22. The van der Waals surface area contributed by atoms with Crippen LogP contribution in [0.25, 0.3) is 11.1 Å². The summed E-state index contributed by atoms with van der Waals surface area (Å²) in [6, 6.07) is 5.31. The number of aromatic nitrogens is 1. The zero-order chi connectivity index (χ0) is 21.8.